The molecule has 4 nitrogen and oxygen atoms in total. The number of aromatic hydroxyl groups is 1. The largest absolute Gasteiger partial charge is 0.508 e. The number of phenolic OH excluding ortho intramolecular Hbond substituents is 1. The number of carbonyl (C=O) groups excluding carboxylic acids is 1. The minimum Gasteiger partial charge on any atom is -0.508 e. The van der Waals surface area contributed by atoms with Crippen LogP contribution in [0.2, 0.25) is 0 Å². The number of ether oxygens (including phenoxy) is 1. The molecule has 106 valence electrons. The molecule has 0 aliphatic heterocycles. The van der Waals surface area contributed by atoms with E-state index in [1.54, 1.807) is 18.2 Å². The summed E-state index contributed by atoms with van der Waals surface area (Å²) in [5.74, 6) is 0.219. The molecule has 0 aliphatic carbocycles. The highest BCUT2D eigenvalue weighted by atomic mass is 19.1. The molecule has 0 saturated carbocycles. The van der Waals surface area contributed by atoms with E-state index in [0.29, 0.717) is 34.3 Å². The number of benzene rings is 2. The van der Waals surface area contributed by atoms with Gasteiger partial charge in [0, 0.05) is 16.5 Å². The summed E-state index contributed by atoms with van der Waals surface area (Å²) >= 11 is 0. The lowest BCUT2D eigenvalue weighted by Crippen LogP contribution is -1.91. The molecule has 0 amide bonds. The molecule has 0 unspecified atom stereocenters. The molecule has 0 radical (unpaired) electrons. The Hall–Kier alpha value is -2.82. The third-order valence-corrected chi connectivity index (χ3v) is 3.18. The van der Waals surface area contributed by atoms with E-state index in [-0.39, 0.29) is 18.2 Å². The first-order valence-corrected chi connectivity index (χ1v) is 6.24. The van der Waals surface area contributed by atoms with Gasteiger partial charge in [-0.1, -0.05) is 0 Å². The molecular formula is C16H11FO4. The van der Waals surface area contributed by atoms with Gasteiger partial charge in [-0.3, -0.25) is 4.79 Å². The van der Waals surface area contributed by atoms with Gasteiger partial charge < -0.3 is 14.3 Å². The van der Waals surface area contributed by atoms with Crippen LogP contribution < -0.4 is 0 Å². The molecule has 1 aromatic heterocycles. The molecule has 0 fully saturated rings. The smallest absolute Gasteiger partial charge is 0.293 e. The number of phenols is 1. The summed E-state index contributed by atoms with van der Waals surface area (Å²) in [4.78, 5) is 10.4. The third kappa shape index (κ3) is 2.45. The van der Waals surface area contributed by atoms with Crippen molar-refractivity contribution in [2.45, 2.75) is 6.61 Å². The van der Waals surface area contributed by atoms with Gasteiger partial charge >= 0.3 is 0 Å². The van der Waals surface area contributed by atoms with Crippen molar-refractivity contribution >= 4 is 17.4 Å². The Morgan fingerprint density at radius 3 is 2.67 bits per heavy atom. The molecule has 0 aliphatic rings. The van der Waals surface area contributed by atoms with E-state index in [4.69, 9.17) is 9.15 Å². The van der Waals surface area contributed by atoms with E-state index in [2.05, 4.69) is 0 Å². The number of hydrogen-bond donors (Lipinski definition) is 1. The average Bonchev–Trinajstić information content (AvgIpc) is 2.83. The Kier molecular flexibility index (Phi) is 3.31. The molecule has 0 saturated heterocycles. The Labute approximate surface area is 119 Å². The van der Waals surface area contributed by atoms with Crippen LogP contribution in [0, 0.1) is 5.82 Å². The van der Waals surface area contributed by atoms with Gasteiger partial charge in [0.25, 0.3) is 6.47 Å². The number of fused-ring (bicyclic) bond motifs is 1. The fourth-order valence-electron chi connectivity index (χ4n) is 2.23. The second-order valence-corrected chi connectivity index (χ2v) is 4.50. The molecular weight excluding hydrogens is 275 g/mol. The van der Waals surface area contributed by atoms with Gasteiger partial charge in [-0.2, -0.15) is 0 Å². The Morgan fingerprint density at radius 1 is 1.19 bits per heavy atom. The number of halogens is 1. The van der Waals surface area contributed by atoms with E-state index >= 15 is 0 Å². The van der Waals surface area contributed by atoms with Gasteiger partial charge in [-0.05, 0) is 42.5 Å². The van der Waals surface area contributed by atoms with Crippen molar-refractivity contribution in [1.29, 1.82) is 0 Å². The molecule has 3 rings (SSSR count). The van der Waals surface area contributed by atoms with Crippen molar-refractivity contribution in [1.82, 2.24) is 0 Å². The lowest BCUT2D eigenvalue weighted by atomic mass is 10.1. The zero-order valence-electron chi connectivity index (χ0n) is 10.9. The van der Waals surface area contributed by atoms with E-state index in [9.17, 15) is 14.3 Å². The predicted octanol–water partition coefficient (Wildman–Crippen LogP) is 3.62. The highest BCUT2D eigenvalue weighted by Crippen LogP contribution is 2.35. The van der Waals surface area contributed by atoms with Crippen molar-refractivity contribution < 1.29 is 23.4 Å². The van der Waals surface area contributed by atoms with Crippen LogP contribution in [0.25, 0.3) is 22.3 Å². The number of rotatable bonds is 4. The summed E-state index contributed by atoms with van der Waals surface area (Å²) in [5.41, 5.74) is 1.84. The maximum Gasteiger partial charge on any atom is 0.293 e. The zero-order valence-corrected chi connectivity index (χ0v) is 10.9. The standard InChI is InChI=1S/C16H11FO4/c17-11-3-1-10(2-4-11)16-14(8-20-9-18)13-7-12(19)5-6-15(13)21-16/h1-7,9,19H,8H2. The van der Waals surface area contributed by atoms with Crippen LogP contribution in [0.1, 0.15) is 5.56 Å². The normalized spacial score (nSPS) is 10.7. The van der Waals surface area contributed by atoms with Crippen LogP contribution >= 0.6 is 0 Å². The van der Waals surface area contributed by atoms with Crippen LogP contribution in [-0.4, -0.2) is 11.6 Å². The highest BCUT2D eigenvalue weighted by Gasteiger charge is 2.17. The molecule has 5 heteroatoms. The second-order valence-electron chi connectivity index (χ2n) is 4.50. The highest BCUT2D eigenvalue weighted by molar-refractivity contribution is 5.89. The van der Waals surface area contributed by atoms with E-state index in [0.717, 1.165) is 0 Å². The third-order valence-electron chi connectivity index (χ3n) is 3.18. The van der Waals surface area contributed by atoms with Crippen LogP contribution in [0.15, 0.2) is 46.9 Å². The summed E-state index contributed by atoms with van der Waals surface area (Å²) in [6, 6.07) is 10.5. The minimum atomic E-state index is -0.349. The predicted molar refractivity (Wildman–Crippen MR) is 74.1 cm³/mol. The molecule has 1 N–H and O–H groups in total. The van der Waals surface area contributed by atoms with E-state index in [1.165, 1.54) is 24.3 Å². The monoisotopic (exact) mass is 286 g/mol. The fourth-order valence-corrected chi connectivity index (χ4v) is 2.23. The molecule has 3 aromatic rings. The Morgan fingerprint density at radius 2 is 1.95 bits per heavy atom. The lowest BCUT2D eigenvalue weighted by Gasteiger charge is -2.02. The summed E-state index contributed by atoms with van der Waals surface area (Å²) in [6.45, 7) is 0.350. The van der Waals surface area contributed by atoms with Gasteiger partial charge in [0.05, 0.1) is 0 Å². The molecule has 0 spiro atoms. The van der Waals surface area contributed by atoms with Crippen LogP contribution in [0.4, 0.5) is 4.39 Å². The van der Waals surface area contributed by atoms with Gasteiger partial charge in [0.1, 0.15) is 29.5 Å². The molecule has 0 atom stereocenters. The number of hydrogen-bond acceptors (Lipinski definition) is 4. The van der Waals surface area contributed by atoms with Gasteiger partial charge in [-0.25, -0.2) is 4.39 Å². The average molecular weight is 286 g/mol. The lowest BCUT2D eigenvalue weighted by molar-refractivity contribution is -0.129. The number of furan rings is 1. The van der Waals surface area contributed by atoms with Crippen LogP contribution in [-0.2, 0) is 16.1 Å². The van der Waals surface area contributed by atoms with Crippen molar-refractivity contribution in [2.24, 2.45) is 0 Å². The quantitative estimate of drug-likeness (QED) is 0.744. The topological polar surface area (TPSA) is 59.7 Å². The zero-order chi connectivity index (χ0) is 14.8. The molecule has 21 heavy (non-hydrogen) atoms. The van der Waals surface area contributed by atoms with Gasteiger partial charge in [0.2, 0.25) is 0 Å². The van der Waals surface area contributed by atoms with Gasteiger partial charge in [-0.15, -0.1) is 0 Å². The van der Waals surface area contributed by atoms with Crippen LogP contribution in [0.3, 0.4) is 0 Å². The first-order chi connectivity index (χ1) is 10.2. The summed E-state index contributed by atoms with van der Waals surface area (Å²) in [5, 5.41) is 10.2. The summed E-state index contributed by atoms with van der Waals surface area (Å²) in [6.07, 6.45) is 0. The van der Waals surface area contributed by atoms with E-state index < -0.39 is 0 Å². The maximum absolute atomic E-state index is 13.0. The second kappa shape index (κ2) is 5.28. The van der Waals surface area contributed by atoms with Crippen LogP contribution in [0.5, 0.6) is 5.75 Å². The first-order valence-electron chi connectivity index (χ1n) is 6.24. The molecule has 0 bridgehead atoms. The maximum atomic E-state index is 13.0. The van der Waals surface area contributed by atoms with Gasteiger partial charge in [0.15, 0.2) is 0 Å². The SMILES string of the molecule is O=COCc1c(-c2ccc(F)cc2)oc2ccc(O)cc12. The Balaban J connectivity index is 2.20. The number of carbonyl (C=O) groups is 1. The first kappa shape index (κ1) is 13.2. The molecule has 1 heterocycles. The van der Waals surface area contributed by atoms with Crippen molar-refractivity contribution in [2.75, 3.05) is 0 Å². The Bertz CT molecular complexity index is 790. The van der Waals surface area contributed by atoms with Crippen molar-refractivity contribution in [3.05, 3.63) is 53.8 Å². The van der Waals surface area contributed by atoms with E-state index in [1.807, 2.05) is 0 Å². The van der Waals surface area contributed by atoms with Crippen molar-refractivity contribution in [3.8, 4) is 17.1 Å². The molecule has 2 aromatic carbocycles. The summed E-state index contributed by atoms with van der Waals surface area (Å²) < 4.78 is 23.6. The van der Waals surface area contributed by atoms with Crippen molar-refractivity contribution in [3.63, 3.8) is 0 Å². The fraction of sp³-hybridized carbons (Fsp3) is 0.0625. The minimum absolute atomic E-state index is 0.00661. The summed E-state index contributed by atoms with van der Waals surface area (Å²) in [7, 11) is 0.